The van der Waals surface area contributed by atoms with Crippen LogP contribution in [0.5, 0.6) is 5.75 Å². The number of hydrogen-bond donors (Lipinski definition) is 2. The number of para-hydroxylation sites is 1. The fourth-order valence-electron chi connectivity index (χ4n) is 4.95. The number of fused-ring (bicyclic) bond motifs is 1. The number of carboxylic acid groups (broad SMARTS) is 1. The number of phenols is 1. The minimum atomic E-state index is -1.11. The normalized spacial score (nSPS) is 11.7. The molecule has 5 aromatic rings. The number of hydrogen-bond acceptors (Lipinski definition) is 5. The number of benzene rings is 3. The van der Waals surface area contributed by atoms with Gasteiger partial charge in [-0.3, -0.25) is 4.90 Å². The maximum absolute atomic E-state index is 11.8. The van der Waals surface area contributed by atoms with Crippen LogP contribution < -0.4 is 4.90 Å². The van der Waals surface area contributed by atoms with Crippen LogP contribution in [-0.4, -0.2) is 26.2 Å². The van der Waals surface area contributed by atoms with Gasteiger partial charge < -0.3 is 10.2 Å². The Morgan fingerprint density at radius 3 is 2.05 bits per heavy atom. The molecule has 2 heterocycles. The first kappa shape index (κ1) is 30.9. The number of rotatable bonds is 5. The van der Waals surface area contributed by atoms with Crippen molar-refractivity contribution in [1.82, 2.24) is 9.97 Å². The molecule has 5 rings (SSSR count). The topological polar surface area (TPSA) is 86.6 Å². The van der Waals surface area contributed by atoms with Gasteiger partial charge in [-0.15, -0.1) is 0 Å². The van der Waals surface area contributed by atoms with E-state index in [-0.39, 0.29) is 43.3 Å². The number of carboxylic acids is 1. The summed E-state index contributed by atoms with van der Waals surface area (Å²) in [7, 11) is 0. The van der Waals surface area contributed by atoms with Gasteiger partial charge in [0.2, 0.25) is 0 Å². The Bertz CT molecular complexity index is 1760. The zero-order valence-corrected chi connectivity index (χ0v) is 26.9. The maximum Gasteiger partial charge on any atom is 0.354 e. The van der Waals surface area contributed by atoms with Gasteiger partial charge in [-0.1, -0.05) is 96.1 Å². The van der Waals surface area contributed by atoms with E-state index in [4.69, 9.17) is 4.98 Å². The van der Waals surface area contributed by atoms with Crippen LogP contribution in [0.4, 0.5) is 17.3 Å². The van der Waals surface area contributed by atoms with E-state index in [0.717, 1.165) is 27.6 Å². The van der Waals surface area contributed by atoms with Crippen LogP contribution in [0.15, 0.2) is 91.0 Å². The van der Waals surface area contributed by atoms with Gasteiger partial charge in [0, 0.05) is 43.3 Å². The Balaban J connectivity index is 0.00000405. The van der Waals surface area contributed by atoms with Gasteiger partial charge in [-0.25, -0.2) is 14.8 Å². The zero-order chi connectivity index (χ0) is 29.5. The van der Waals surface area contributed by atoms with Crippen LogP contribution in [0.1, 0.15) is 63.2 Å². The molecule has 0 atom stereocenters. The molecule has 0 amide bonds. The van der Waals surface area contributed by atoms with Crippen molar-refractivity contribution in [2.75, 3.05) is 4.90 Å². The third kappa shape index (κ3) is 6.10. The molecule has 0 aliphatic carbocycles. The molecule has 6 nitrogen and oxygen atoms in total. The van der Waals surface area contributed by atoms with Gasteiger partial charge in [0.25, 0.3) is 0 Å². The molecule has 7 heteroatoms. The summed E-state index contributed by atoms with van der Waals surface area (Å²) in [5.41, 5.74) is 3.50. The smallest absolute Gasteiger partial charge is 0.354 e. The van der Waals surface area contributed by atoms with E-state index < -0.39 is 5.97 Å². The third-order valence-corrected chi connectivity index (χ3v) is 7.19. The van der Waals surface area contributed by atoms with Crippen LogP contribution in [-0.2, 0) is 31.9 Å². The predicted octanol–water partition coefficient (Wildman–Crippen LogP) is 8.76. The molecule has 0 saturated carbocycles. The van der Waals surface area contributed by atoms with Gasteiger partial charge >= 0.3 is 5.97 Å². The Kier molecular flexibility index (Phi) is 8.61. The average Bonchev–Trinajstić information content (AvgIpc) is 2.92. The van der Waals surface area contributed by atoms with Gasteiger partial charge in [0.05, 0.1) is 5.69 Å². The van der Waals surface area contributed by atoms with E-state index in [2.05, 4.69) is 52.6 Å². The quantitative estimate of drug-likeness (QED) is 0.188. The summed E-state index contributed by atoms with van der Waals surface area (Å²) in [4.78, 5) is 23.3. The van der Waals surface area contributed by atoms with Gasteiger partial charge in [-0.2, -0.15) is 0 Å². The number of phenolic OH excluding ortho intramolecular Hbond substituents is 1. The van der Waals surface area contributed by atoms with Gasteiger partial charge in [0.15, 0.2) is 5.69 Å². The number of nitrogens with zero attached hydrogens (tertiary/aromatic N) is 3. The molecule has 0 fully saturated rings. The third-order valence-electron chi connectivity index (χ3n) is 7.19. The maximum atomic E-state index is 11.8. The Morgan fingerprint density at radius 1 is 0.738 bits per heavy atom. The van der Waals surface area contributed by atoms with Crippen LogP contribution in [0.2, 0.25) is 0 Å². The number of carbonyl (C=O) groups is 1. The second-order valence-electron chi connectivity index (χ2n) is 12.3. The molecule has 0 bridgehead atoms. The van der Waals surface area contributed by atoms with Crippen LogP contribution >= 0.6 is 0 Å². The van der Waals surface area contributed by atoms with Crippen molar-refractivity contribution in [3.8, 4) is 17.0 Å². The second-order valence-corrected chi connectivity index (χ2v) is 12.3. The minimum Gasteiger partial charge on any atom is -0.507 e. The Morgan fingerprint density at radius 2 is 1.40 bits per heavy atom. The van der Waals surface area contributed by atoms with Gasteiger partial charge in [0.1, 0.15) is 17.4 Å². The summed E-state index contributed by atoms with van der Waals surface area (Å²) in [6.45, 7) is 12.8. The van der Waals surface area contributed by atoms with Crippen molar-refractivity contribution >= 4 is 34.1 Å². The molecule has 42 heavy (non-hydrogen) atoms. The fourth-order valence-corrected chi connectivity index (χ4v) is 4.95. The van der Waals surface area contributed by atoms with Gasteiger partial charge in [-0.05, 0) is 58.2 Å². The largest absolute Gasteiger partial charge is 0.507 e. The Labute approximate surface area is 261 Å². The summed E-state index contributed by atoms with van der Waals surface area (Å²) in [6.07, 6.45) is 0. The van der Waals surface area contributed by atoms with E-state index in [0.29, 0.717) is 22.9 Å². The predicted molar refractivity (Wildman–Crippen MR) is 166 cm³/mol. The molecule has 0 aliphatic heterocycles. The summed E-state index contributed by atoms with van der Waals surface area (Å²) >= 11 is 0. The molecule has 0 unspecified atom stereocenters. The number of aromatic carboxylic acids is 1. The van der Waals surface area contributed by atoms with Crippen LogP contribution in [0, 0.1) is 0 Å². The van der Waals surface area contributed by atoms with Crippen LogP contribution in [0.25, 0.3) is 22.0 Å². The van der Waals surface area contributed by atoms with Crippen molar-refractivity contribution in [1.29, 1.82) is 0 Å². The molecule has 218 valence electrons. The SMILES string of the molecule is CC(C)(C)c1cc(-c2nc(N(c3ccccc3)c3cccc(C(=O)O)n3)cc3ccccc23)c(O)c(C(C)(C)C)c1.[Pt]. The molecule has 2 N–H and O–H groups in total. The average molecular weight is 741 g/mol. The van der Waals surface area contributed by atoms with E-state index in [1.54, 1.807) is 12.1 Å². The zero-order valence-electron chi connectivity index (χ0n) is 24.6. The molecule has 2 aromatic heterocycles. The first-order valence-corrected chi connectivity index (χ1v) is 13.7. The number of aromatic nitrogens is 2. The molecule has 0 radical (unpaired) electrons. The minimum absolute atomic E-state index is 0. The second kappa shape index (κ2) is 11.7. The first-order valence-electron chi connectivity index (χ1n) is 13.7. The van der Waals surface area contributed by atoms with Crippen molar-refractivity contribution in [2.45, 2.75) is 52.4 Å². The summed E-state index contributed by atoms with van der Waals surface area (Å²) in [5, 5.41) is 23.2. The van der Waals surface area contributed by atoms with Crippen molar-refractivity contribution in [3.63, 3.8) is 0 Å². The Hall–Kier alpha value is -4.02. The van der Waals surface area contributed by atoms with Crippen molar-refractivity contribution in [3.05, 3.63) is 108 Å². The van der Waals surface area contributed by atoms with E-state index in [1.807, 2.05) is 71.6 Å². The number of aromatic hydroxyl groups is 1. The van der Waals surface area contributed by atoms with E-state index >= 15 is 0 Å². The summed E-state index contributed by atoms with van der Waals surface area (Å²) in [6, 6.07) is 28.6. The monoisotopic (exact) mass is 740 g/mol. The van der Waals surface area contributed by atoms with Crippen molar-refractivity contribution < 1.29 is 36.1 Å². The molecule has 0 spiro atoms. The van der Waals surface area contributed by atoms with Crippen molar-refractivity contribution in [2.24, 2.45) is 0 Å². The molecule has 3 aromatic carbocycles. The summed E-state index contributed by atoms with van der Waals surface area (Å²) < 4.78 is 0. The number of anilines is 3. The molecular weight excluding hydrogens is 705 g/mol. The molecule has 0 saturated heterocycles. The molecule has 0 aliphatic rings. The standard InChI is InChI=1S/C35H35N3O3.Pt/c1-34(2,3)23-20-26(32(39)27(21-23)35(4,5)6)31-25-16-11-10-13-22(25)19-30(37-31)38(24-14-8-7-9-15-24)29-18-12-17-28(36-29)33(40)41;/h7-21,39H,1-6H3,(H,40,41);. The van der Waals surface area contributed by atoms with E-state index in [1.165, 1.54) is 6.07 Å². The molecular formula is C35H35N3O3Pt. The summed E-state index contributed by atoms with van der Waals surface area (Å²) in [5.74, 6) is 0.0777. The number of pyridine rings is 2. The van der Waals surface area contributed by atoms with E-state index in [9.17, 15) is 15.0 Å². The fraction of sp³-hybridized carbons (Fsp3) is 0.229. The first-order chi connectivity index (χ1) is 19.3. The van der Waals surface area contributed by atoms with Crippen LogP contribution in [0.3, 0.4) is 0 Å².